The summed E-state index contributed by atoms with van der Waals surface area (Å²) in [6.45, 7) is 0. The molecule has 1 aromatic carbocycles. The molecule has 0 bridgehead atoms. The summed E-state index contributed by atoms with van der Waals surface area (Å²) in [7, 11) is 1.80. The van der Waals surface area contributed by atoms with E-state index in [1.54, 1.807) is 36.1 Å². The number of anilines is 1. The van der Waals surface area contributed by atoms with Gasteiger partial charge >= 0.3 is 0 Å². The zero-order valence-corrected chi connectivity index (χ0v) is 17.5. The van der Waals surface area contributed by atoms with Gasteiger partial charge in [-0.3, -0.25) is 9.59 Å². The maximum absolute atomic E-state index is 12.5. The molecule has 8 nitrogen and oxygen atoms in total. The van der Waals surface area contributed by atoms with Gasteiger partial charge in [0.25, 0.3) is 5.91 Å². The highest BCUT2D eigenvalue weighted by atomic mass is 32.2. The average molecular weight is 440 g/mol. The number of carbonyl (C=O) groups excluding carboxylic acids is 2. The summed E-state index contributed by atoms with van der Waals surface area (Å²) in [4.78, 5) is 25.2. The lowest BCUT2D eigenvalue weighted by Crippen LogP contribution is -2.18. The highest BCUT2D eigenvalue weighted by Gasteiger charge is 2.18. The predicted molar refractivity (Wildman–Crippen MR) is 116 cm³/mol. The monoisotopic (exact) mass is 439 g/mol. The van der Waals surface area contributed by atoms with E-state index in [-0.39, 0.29) is 17.2 Å². The topological polar surface area (TPSA) is 116 Å². The summed E-state index contributed by atoms with van der Waals surface area (Å²) in [5, 5.41) is 12.0. The largest absolute Gasteiger partial charge is 0.461 e. The van der Waals surface area contributed by atoms with Crippen LogP contribution in [-0.2, 0) is 11.8 Å². The summed E-state index contributed by atoms with van der Waals surface area (Å²) < 4.78 is 7.09. The van der Waals surface area contributed by atoms with Crippen LogP contribution in [0.15, 0.2) is 64.4 Å². The molecule has 0 spiro atoms. The molecular formula is C20H17N5O3S2. The third-order valence-electron chi connectivity index (χ3n) is 4.22. The Morgan fingerprint density at radius 1 is 1.20 bits per heavy atom. The average Bonchev–Trinajstić information content (AvgIpc) is 3.47. The Kier molecular flexibility index (Phi) is 5.68. The van der Waals surface area contributed by atoms with Gasteiger partial charge in [-0.15, -0.1) is 21.5 Å². The van der Waals surface area contributed by atoms with Crippen LogP contribution < -0.4 is 11.1 Å². The summed E-state index contributed by atoms with van der Waals surface area (Å²) in [6, 6.07) is 14.9. The van der Waals surface area contributed by atoms with Crippen molar-refractivity contribution in [2.45, 2.75) is 5.16 Å². The van der Waals surface area contributed by atoms with E-state index in [4.69, 9.17) is 10.2 Å². The molecule has 10 heteroatoms. The van der Waals surface area contributed by atoms with Gasteiger partial charge in [-0.1, -0.05) is 42.1 Å². The third-order valence-corrected chi connectivity index (χ3v) is 6.34. The second-order valence-electron chi connectivity index (χ2n) is 6.26. The van der Waals surface area contributed by atoms with Crippen LogP contribution in [0.25, 0.3) is 22.0 Å². The molecule has 152 valence electrons. The molecule has 0 radical (unpaired) electrons. The smallest absolute Gasteiger partial charge is 0.251 e. The lowest BCUT2D eigenvalue weighted by Gasteiger charge is -2.05. The Bertz CT molecular complexity index is 1180. The summed E-state index contributed by atoms with van der Waals surface area (Å²) in [5.74, 6) is 0.407. The number of carbonyl (C=O) groups is 2. The summed E-state index contributed by atoms with van der Waals surface area (Å²) in [6.07, 6.45) is 1.56. The molecule has 0 fully saturated rings. The molecule has 2 amide bonds. The van der Waals surface area contributed by atoms with Crippen LogP contribution in [0.1, 0.15) is 10.4 Å². The van der Waals surface area contributed by atoms with Gasteiger partial charge in [0, 0.05) is 11.9 Å². The number of hydrogen-bond donors (Lipinski definition) is 2. The highest BCUT2D eigenvalue weighted by Crippen LogP contribution is 2.35. The minimum absolute atomic E-state index is 0.0981. The fourth-order valence-electron chi connectivity index (χ4n) is 2.77. The molecule has 3 N–H and O–H groups in total. The third kappa shape index (κ3) is 4.14. The number of nitrogens with two attached hydrogens (primary N) is 1. The lowest BCUT2D eigenvalue weighted by atomic mass is 10.1. The van der Waals surface area contributed by atoms with E-state index in [9.17, 15) is 9.59 Å². The summed E-state index contributed by atoms with van der Waals surface area (Å²) in [5.41, 5.74) is 6.73. The first-order chi connectivity index (χ1) is 14.5. The number of benzene rings is 1. The molecule has 0 aliphatic carbocycles. The SMILES string of the molecule is Cn1c(SCC(=O)Nc2sc(-c3ccccc3)cc2C(N)=O)nnc1-c1ccco1. The van der Waals surface area contributed by atoms with Crippen LogP contribution in [0.2, 0.25) is 0 Å². The quantitative estimate of drug-likeness (QED) is 0.425. The number of thiophene rings is 1. The fraction of sp³-hybridized carbons (Fsp3) is 0.100. The van der Waals surface area contributed by atoms with E-state index >= 15 is 0 Å². The first-order valence-electron chi connectivity index (χ1n) is 8.88. The van der Waals surface area contributed by atoms with Crippen molar-refractivity contribution >= 4 is 39.9 Å². The number of furan rings is 1. The second-order valence-corrected chi connectivity index (χ2v) is 8.26. The van der Waals surface area contributed by atoms with Gasteiger partial charge in [-0.05, 0) is 23.8 Å². The molecule has 4 rings (SSSR count). The molecule has 0 atom stereocenters. The Labute approximate surface area is 180 Å². The molecule has 4 aromatic rings. The van der Waals surface area contributed by atoms with E-state index in [1.165, 1.54) is 23.1 Å². The molecule has 3 heterocycles. The minimum Gasteiger partial charge on any atom is -0.461 e. The number of thioether (sulfide) groups is 1. The van der Waals surface area contributed by atoms with Crippen LogP contribution in [0.4, 0.5) is 5.00 Å². The Hall–Kier alpha value is -3.37. The van der Waals surface area contributed by atoms with Gasteiger partial charge in [0.1, 0.15) is 5.00 Å². The number of aromatic nitrogens is 3. The van der Waals surface area contributed by atoms with Crippen LogP contribution in [0.5, 0.6) is 0 Å². The molecule has 0 saturated heterocycles. The van der Waals surface area contributed by atoms with E-state index < -0.39 is 5.91 Å². The Morgan fingerprint density at radius 3 is 2.70 bits per heavy atom. The second kappa shape index (κ2) is 8.56. The van der Waals surface area contributed by atoms with E-state index in [2.05, 4.69) is 15.5 Å². The van der Waals surface area contributed by atoms with Gasteiger partial charge < -0.3 is 20.0 Å². The zero-order chi connectivity index (χ0) is 21.1. The zero-order valence-electron chi connectivity index (χ0n) is 15.9. The van der Waals surface area contributed by atoms with Gasteiger partial charge in [-0.2, -0.15) is 0 Å². The van der Waals surface area contributed by atoms with Crippen molar-refractivity contribution in [1.29, 1.82) is 0 Å². The van der Waals surface area contributed by atoms with Gasteiger partial charge in [-0.25, -0.2) is 0 Å². The van der Waals surface area contributed by atoms with Gasteiger partial charge in [0.15, 0.2) is 16.7 Å². The maximum Gasteiger partial charge on any atom is 0.251 e. The highest BCUT2D eigenvalue weighted by molar-refractivity contribution is 7.99. The number of amides is 2. The van der Waals surface area contributed by atoms with Crippen molar-refractivity contribution in [2.75, 3.05) is 11.1 Å². The molecule has 30 heavy (non-hydrogen) atoms. The molecule has 0 aliphatic rings. The minimum atomic E-state index is -0.590. The molecule has 3 aromatic heterocycles. The predicted octanol–water partition coefficient (Wildman–Crippen LogP) is 3.63. The van der Waals surface area contributed by atoms with E-state index in [0.717, 1.165) is 10.4 Å². The van der Waals surface area contributed by atoms with Crippen molar-refractivity contribution in [3.8, 4) is 22.0 Å². The van der Waals surface area contributed by atoms with E-state index in [1.807, 2.05) is 30.3 Å². The summed E-state index contributed by atoms with van der Waals surface area (Å²) >= 11 is 2.54. The Balaban J connectivity index is 1.46. The van der Waals surface area contributed by atoms with Crippen molar-refractivity contribution in [3.05, 3.63) is 60.4 Å². The maximum atomic E-state index is 12.5. The number of hydrogen-bond acceptors (Lipinski definition) is 7. The number of rotatable bonds is 7. The normalized spacial score (nSPS) is 10.8. The fourth-order valence-corrected chi connectivity index (χ4v) is 4.56. The molecular weight excluding hydrogens is 422 g/mol. The Morgan fingerprint density at radius 2 is 2.00 bits per heavy atom. The van der Waals surface area contributed by atoms with Crippen LogP contribution in [0, 0.1) is 0 Å². The van der Waals surface area contributed by atoms with Crippen LogP contribution in [-0.4, -0.2) is 32.3 Å². The number of nitrogens with zero attached hydrogens (tertiary/aromatic N) is 3. The van der Waals surface area contributed by atoms with Gasteiger partial charge in [0.05, 0.1) is 17.6 Å². The lowest BCUT2D eigenvalue weighted by molar-refractivity contribution is -0.113. The van der Waals surface area contributed by atoms with Crippen molar-refractivity contribution in [2.24, 2.45) is 12.8 Å². The first-order valence-corrected chi connectivity index (χ1v) is 10.7. The molecule has 0 saturated carbocycles. The van der Waals surface area contributed by atoms with Gasteiger partial charge in [0.2, 0.25) is 5.91 Å². The molecule has 0 unspecified atom stereocenters. The number of nitrogens with one attached hydrogen (secondary N) is 1. The molecule has 0 aliphatic heterocycles. The standard InChI is InChI=1S/C20H17N5O3S2/c1-25-18(14-8-5-9-28-14)23-24-20(25)29-11-16(26)22-19-13(17(21)27)10-15(30-19)12-6-3-2-4-7-12/h2-10H,11H2,1H3,(H2,21,27)(H,22,26). The van der Waals surface area contributed by atoms with Crippen LogP contribution in [0.3, 0.4) is 0 Å². The van der Waals surface area contributed by atoms with Crippen LogP contribution >= 0.6 is 23.1 Å². The number of primary amides is 1. The van der Waals surface area contributed by atoms with E-state index in [0.29, 0.717) is 21.7 Å². The first kappa shape index (κ1) is 19.9. The van der Waals surface area contributed by atoms with Crippen molar-refractivity contribution < 1.29 is 14.0 Å². The van der Waals surface area contributed by atoms with Crippen molar-refractivity contribution in [1.82, 2.24) is 14.8 Å². The van der Waals surface area contributed by atoms with Crippen molar-refractivity contribution in [3.63, 3.8) is 0 Å².